The maximum atomic E-state index is 14.3. The van der Waals surface area contributed by atoms with Gasteiger partial charge in [0.1, 0.15) is 0 Å². The number of ether oxygens (including phenoxy) is 1. The molecule has 118 valence electrons. The van der Waals surface area contributed by atoms with Crippen molar-refractivity contribution in [1.82, 2.24) is 4.90 Å². The molecule has 1 aliphatic heterocycles. The molecule has 4 heteroatoms. The van der Waals surface area contributed by atoms with Crippen molar-refractivity contribution >= 4 is 0 Å². The quantitative estimate of drug-likeness (QED) is 0.906. The molecular formula is C17H26FNO2. The number of halogens is 1. The van der Waals surface area contributed by atoms with E-state index in [9.17, 15) is 9.50 Å². The van der Waals surface area contributed by atoms with E-state index in [0.717, 1.165) is 38.9 Å². The van der Waals surface area contributed by atoms with Crippen LogP contribution >= 0.6 is 0 Å². The molecule has 21 heavy (non-hydrogen) atoms. The first-order chi connectivity index (χ1) is 10.1. The number of hydrogen-bond donors (Lipinski definition) is 1. The molecule has 1 atom stereocenters. The minimum absolute atomic E-state index is 0.248. The summed E-state index contributed by atoms with van der Waals surface area (Å²) in [7, 11) is 1.46. The summed E-state index contributed by atoms with van der Waals surface area (Å²) in [4.78, 5) is 2.39. The van der Waals surface area contributed by atoms with Crippen LogP contribution in [0.3, 0.4) is 0 Å². The van der Waals surface area contributed by atoms with Gasteiger partial charge in [-0.25, -0.2) is 4.39 Å². The summed E-state index contributed by atoms with van der Waals surface area (Å²) in [6, 6.07) is 5.13. The first kappa shape index (κ1) is 16.2. The van der Waals surface area contributed by atoms with Crippen molar-refractivity contribution < 1.29 is 14.2 Å². The van der Waals surface area contributed by atoms with Crippen LogP contribution < -0.4 is 4.74 Å². The van der Waals surface area contributed by atoms with Crippen LogP contribution in [-0.4, -0.2) is 42.4 Å². The molecule has 1 unspecified atom stereocenters. The van der Waals surface area contributed by atoms with Gasteiger partial charge in [0.2, 0.25) is 0 Å². The van der Waals surface area contributed by atoms with Gasteiger partial charge in [-0.1, -0.05) is 19.1 Å². The van der Waals surface area contributed by atoms with Gasteiger partial charge in [0.15, 0.2) is 11.6 Å². The lowest BCUT2D eigenvalue weighted by molar-refractivity contribution is 0.0248. The Morgan fingerprint density at radius 1 is 1.33 bits per heavy atom. The lowest BCUT2D eigenvalue weighted by atomic mass is 9.87. The van der Waals surface area contributed by atoms with Crippen LogP contribution in [0, 0.1) is 5.82 Å². The third-order valence-corrected chi connectivity index (χ3v) is 4.33. The molecule has 1 fully saturated rings. The van der Waals surface area contributed by atoms with Gasteiger partial charge in [0, 0.05) is 13.0 Å². The van der Waals surface area contributed by atoms with Gasteiger partial charge in [0.25, 0.3) is 0 Å². The molecule has 1 aromatic carbocycles. The van der Waals surface area contributed by atoms with E-state index in [1.165, 1.54) is 7.11 Å². The number of aliphatic hydroxyl groups is 1. The van der Waals surface area contributed by atoms with E-state index in [4.69, 9.17) is 4.74 Å². The first-order valence-electron chi connectivity index (χ1n) is 7.84. The Balaban J connectivity index is 2.07. The third kappa shape index (κ3) is 4.17. The van der Waals surface area contributed by atoms with Gasteiger partial charge in [-0.2, -0.15) is 0 Å². The molecule has 0 radical (unpaired) electrons. The van der Waals surface area contributed by atoms with Gasteiger partial charge < -0.3 is 14.7 Å². The van der Waals surface area contributed by atoms with E-state index in [0.29, 0.717) is 18.4 Å². The van der Waals surface area contributed by atoms with E-state index >= 15 is 0 Å². The van der Waals surface area contributed by atoms with Gasteiger partial charge in [-0.05, 0) is 50.4 Å². The molecular weight excluding hydrogens is 269 g/mol. The van der Waals surface area contributed by atoms with E-state index in [1.807, 2.05) is 0 Å². The molecule has 0 aromatic heterocycles. The molecule has 1 saturated heterocycles. The van der Waals surface area contributed by atoms with E-state index in [2.05, 4.69) is 11.8 Å². The zero-order valence-corrected chi connectivity index (χ0v) is 13.1. The third-order valence-electron chi connectivity index (χ3n) is 4.33. The van der Waals surface area contributed by atoms with Gasteiger partial charge >= 0.3 is 0 Å². The fraction of sp³-hybridized carbons (Fsp3) is 0.647. The van der Waals surface area contributed by atoms with Crippen molar-refractivity contribution in [3.05, 3.63) is 29.6 Å². The van der Waals surface area contributed by atoms with Crippen LogP contribution in [-0.2, 0) is 6.42 Å². The van der Waals surface area contributed by atoms with Crippen LogP contribution in [0.15, 0.2) is 18.2 Å². The predicted molar refractivity (Wildman–Crippen MR) is 82.2 cm³/mol. The summed E-state index contributed by atoms with van der Waals surface area (Å²) in [6.45, 7) is 5.15. The molecule has 1 heterocycles. The first-order valence-corrected chi connectivity index (χ1v) is 7.84. The average molecular weight is 295 g/mol. The lowest BCUT2D eigenvalue weighted by Gasteiger charge is -2.27. The van der Waals surface area contributed by atoms with Crippen molar-refractivity contribution in [1.29, 1.82) is 0 Å². The fourth-order valence-corrected chi connectivity index (χ4v) is 3.16. The lowest BCUT2D eigenvalue weighted by Crippen LogP contribution is -2.34. The maximum Gasteiger partial charge on any atom is 0.168 e. The Morgan fingerprint density at radius 2 is 2.14 bits per heavy atom. The second kappa shape index (κ2) is 7.23. The molecule has 0 saturated carbocycles. The molecule has 2 rings (SSSR count). The van der Waals surface area contributed by atoms with Crippen molar-refractivity contribution in [3.63, 3.8) is 0 Å². The van der Waals surface area contributed by atoms with Crippen LogP contribution in [0.5, 0.6) is 5.75 Å². The van der Waals surface area contributed by atoms with Crippen molar-refractivity contribution in [2.75, 3.05) is 26.7 Å². The minimum atomic E-state index is -0.810. The Kier molecular flexibility index (Phi) is 5.59. The largest absolute Gasteiger partial charge is 0.494 e. The zero-order valence-electron chi connectivity index (χ0n) is 13.1. The highest BCUT2D eigenvalue weighted by Crippen LogP contribution is 2.29. The number of nitrogens with zero attached hydrogens (tertiary/aromatic N) is 1. The highest BCUT2D eigenvalue weighted by Gasteiger charge is 2.31. The van der Waals surface area contributed by atoms with Crippen LogP contribution in [0.4, 0.5) is 4.39 Å². The summed E-state index contributed by atoms with van der Waals surface area (Å²) in [6.07, 6.45) is 3.87. The summed E-state index contributed by atoms with van der Waals surface area (Å²) < 4.78 is 19.3. The normalized spacial score (nSPS) is 23.8. The topological polar surface area (TPSA) is 32.7 Å². The molecule has 1 N–H and O–H groups in total. The Bertz CT molecular complexity index is 466. The molecule has 0 spiro atoms. The van der Waals surface area contributed by atoms with Crippen LogP contribution in [0.1, 0.15) is 38.2 Å². The fourth-order valence-electron chi connectivity index (χ4n) is 3.16. The number of benzene rings is 1. The zero-order chi connectivity index (χ0) is 15.3. The monoisotopic (exact) mass is 295 g/mol. The summed E-state index contributed by atoms with van der Waals surface area (Å²) in [5.41, 5.74) is -0.267. The van der Waals surface area contributed by atoms with Crippen LogP contribution in [0.25, 0.3) is 0 Å². The molecule has 0 aliphatic carbocycles. The number of rotatable bonds is 5. The molecule has 1 aliphatic rings. The van der Waals surface area contributed by atoms with Crippen molar-refractivity contribution in [2.45, 2.75) is 44.6 Å². The highest BCUT2D eigenvalue weighted by molar-refractivity contribution is 5.32. The Hall–Kier alpha value is -1.13. The van der Waals surface area contributed by atoms with Gasteiger partial charge in [-0.3, -0.25) is 0 Å². The van der Waals surface area contributed by atoms with E-state index in [1.54, 1.807) is 18.2 Å². The number of hydrogen-bond acceptors (Lipinski definition) is 3. The van der Waals surface area contributed by atoms with E-state index < -0.39 is 5.60 Å². The Morgan fingerprint density at radius 3 is 2.86 bits per heavy atom. The maximum absolute atomic E-state index is 14.3. The minimum Gasteiger partial charge on any atom is -0.494 e. The average Bonchev–Trinajstić information content (AvgIpc) is 2.64. The summed E-state index contributed by atoms with van der Waals surface area (Å²) >= 11 is 0. The van der Waals surface area contributed by atoms with Gasteiger partial charge in [0.05, 0.1) is 12.7 Å². The molecule has 3 nitrogen and oxygen atoms in total. The second-order valence-electron chi connectivity index (χ2n) is 6.03. The smallest absolute Gasteiger partial charge is 0.168 e. The van der Waals surface area contributed by atoms with Gasteiger partial charge in [-0.15, -0.1) is 0 Å². The highest BCUT2D eigenvalue weighted by atomic mass is 19.1. The Labute approximate surface area is 126 Å². The standard InChI is InChI=1S/C17H26FNO2/c1-3-10-19-11-5-8-17(20,9-12-19)13-14-6-4-7-15(21-2)16(14)18/h4,6-7,20H,3,5,8-13H2,1-2H3. The van der Waals surface area contributed by atoms with Crippen molar-refractivity contribution in [2.24, 2.45) is 0 Å². The second-order valence-corrected chi connectivity index (χ2v) is 6.03. The SMILES string of the molecule is CCCN1CCCC(O)(Cc2cccc(OC)c2F)CC1. The van der Waals surface area contributed by atoms with E-state index in [-0.39, 0.29) is 11.6 Å². The van der Waals surface area contributed by atoms with Crippen molar-refractivity contribution in [3.8, 4) is 5.75 Å². The predicted octanol–water partition coefficient (Wildman–Crippen LogP) is 3.00. The number of likely N-dealkylation sites (tertiary alicyclic amines) is 1. The van der Waals surface area contributed by atoms with Crippen LogP contribution in [0.2, 0.25) is 0 Å². The molecule has 0 bridgehead atoms. The molecule has 0 amide bonds. The summed E-state index contributed by atoms with van der Waals surface area (Å²) in [5.74, 6) is -0.0968. The summed E-state index contributed by atoms with van der Waals surface area (Å²) in [5, 5.41) is 10.8. The number of methoxy groups -OCH3 is 1. The molecule has 1 aromatic rings.